The van der Waals surface area contributed by atoms with Crippen LogP contribution in [0.1, 0.15) is 18.1 Å². The van der Waals surface area contributed by atoms with Gasteiger partial charge in [0.15, 0.2) is 23.0 Å². The van der Waals surface area contributed by atoms with Crippen LogP contribution in [0.2, 0.25) is 0 Å². The van der Waals surface area contributed by atoms with Gasteiger partial charge in [0.25, 0.3) is 5.91 Å². The van der Waals surface area contributed by atoms with Crippen LogP contribution in [-0.4, -0.2) is 32.1 Å². The summed E-state index contributed by atoms with van der Waals surface area (Å²) in [4.78, 5) is 12.3. The number of hydrogen-bond acceptors (Lipinski definition) is 7. The van der Waals surface area contributed by atoms with Crippen molar-refractivity contribution in [3.63, 3.8) is 0 Å². The van der Waals surface area contributed by atoms with Crippen LogP contribution in [0.4, 0.5) is 5.69 Å². The van der Waals surface area contributed by atoms with E-state index in [1.54, 1.807) is 18.3 Å². The Balaban J connectivity index is 1.21. The molecule has 38 heavy (non-hydrogen) atoms. The average molecular weight is 623 g/mol. The number of fused-ring (bicyclic) bond motifs is 2. The van der Waals surface area contributed by atoms with Crippen molar-refractivity contribution in [1.29, 1.82) is 0 Å². The highest BCUT2D eigenvalue weighted by Crippen LogP contribution is 2.35. The summed E-state index contributed by atoms with van der Waals surface area (Å²) < 4.78 is 23.6. The molecule has 4 aromatic rings. The molecule has 0 unspecified atom stereocenters. The predicted octanol–water partition coefficient (Wildman–Crippen LogP) is 5.71. The summed E-state index contributed by atoms with van der Waals surface area (Å²) in [6.07, 6.45) is 1.58. The van der Waals surface area contributed by atoms with Crippen LogP contribution in [0, 0.1) is 3.57 Å². The van der Waals surface area contributed by atoms with Crippen LogP contribution in [0.3, 0.4) is 0 Å². The first-order valence-corrected chi connectivity index (χ1v) is 13.2. The lowest BCUT2D eigenvalue weighted by atomic mass is 10.1. The lowest BCUT2D eigenvalue weighted by Gasteiger charge is -2.15. The lowest BCUT2D eigenvalue weighted by molar-refractivity contribution is -0.119. The summed E-state index contributed by atoms with van der Waals surface area (Å²) in [6, 6.07) is 23.6. The molecule has 8 nitrogen and oxygen atoms in total. The molecular formula is C29H26IN3O5. The number of halogens is 1. The van der Waals surface area contributed by atoms with Gasteiger partial charge in [0.05, 0.1) is 22.9 Å². The Morgan fingerprint density at radius 2 is 1.87 bits per heavy atom. The third kappa shape index (κ3) is 6.10. The van der Waals surface area contributed by atoms with E-state index in [2.05, 4.69) is 62.7 Å². The molecule has 1 heterocycles. The zero-order valence-corrected chi connectivity index (χ0v) is 22.9. The van der Waals surface area contributed by atoms with E-state index in [1.807, 2.05) is 43.3 Å². The predicted molar refractivity (Wildman–Crippen MR) is 155 cm³/mol. The zero-order chi connectivity index (χ0) is 26.3. The summed E-state index contributed by atoms with van der Waals surface area (Å²) in [5.74, 6) is 2.35. The molecule has 0 aromatic heterocycles. The Labute approximate surface area is 234 Å². The molecule has 0 spiro atoms. The number of rotatable bonds is 10. The second-order valence-corrected chi connectivity index (χ2v) is 9.57. The molecule has 9 heteroatoms. The second kappa shape index (κ2) is 12.0. The molecule has 0 radical (unpaired) electrons. The first-order chi connectivity index (χ1) is 18.6. The van der Waals surface area contributed by atoms with Crippen molar-refractivity contribution in [2.75, 3.05) is 25.3 Å². The van der Waals surface area contributed by atoms with Crippen LogP contribution in [0.15, 0.2) is 77.9 Å². The van der Waals surface area contributed by atoms with Gasteiger partial charge in [-0.1, -0.05) is 42.5 Å². The Morgan fingerprint density at radius 1 is 1.03 bits per heavy atom. The zero-order valence-electron chi connectivity index (χ0n) is 20.7. The summed E-state index contributed by atoms with van der Waals surface area (Å²) in [7, 11) is 0. The van der Waals surface area contributed by atoms with Crippen molar-refractivity contribution < 1.29 is 23.7 Å². The molecule has 1 aliphatic rings. The monoisotopic (exact) mass is 623 g/mol. The highest BCUT2D eigenvalue weighted by atomic mass is 127. The number of nitrogens with zero attached hydrogens (tertiary/aromatic N) is 1. The van der Waals surface area contributed by atoms with Crippen LogP contribution in [0.5, 0.6) is 23.0 Å². The third-order valence-corrected chi connectivity index (χ3v) is 6.61. The Bertz CT molecular complexity index is 1490. The van der Waals surface area contributed by atoms with E-state index in [4.69, 9.17) is 18.9 Å². The molecule has 0 bridgehead atoms. The number of benzene rings is 4. The summed E-state index contributed by atoms with van der Waals surface area (Å²) in [5, 5.41) is 9.48. The van der Waals surface area contributed by atoms with Gasteiger partial charge in [0.1, 0.15) is 6.61 Å². The molecule has 194 valence electrons. The van der Waals surface area contributed by atoms with Crippen LogP contribution in [0.25, 0.3) is 10.8 Å². The number of carbonyl (C=O) groups is 1. The Morgan fingerprint density at radius 3 is 2.76 bits per heavy atom. The molecule has 2 N–H and O–H groups in total. The Kier molecular flexibility index (Phi) is 8.12. The van der Waals surface area contributed by atoms with E-state index in [0.717, 1.165) is 25.8 Å². The minimum Gasteiger partial charge on any atom is -0.490 e. The first-order valence-electron chi connectivity index (χ1n) is 12.1. The molecule has 1 aliphatic heterocycles. The van der Waals surface area contributed by atoms with Crippen LogP contribution < -0.4 is 29.7 Å². The maximum absolute atomic E-state index is 12.3. The number of nitrogens with one attached hydrogen (secondary N) is 2. The molecule has 0 fully saturated rings. The van der Waals surface area contributed by atoms with Gasteiger partial charge in [-0.2, -0.15) is 5.10 Å². The fourth-order valence-corrected chi connectivity index (χ4v) is 4.82. The lowest BCUT2D eigenvalue weighted by Crippen LogP contribution is -2.25. The topological polar surface area (TPSA) is 90.4 Å². The van der Waals surface area contributed by atoms with Gasteiger partial charge in [-0.25, -0.2) is 5.43 Å². The van der Waals surface area contributed by atoms with Gasteiger partial charge in [-0.05, 0) is 75.7 Å². The highest BCUT2D eigenvalue weighted by molar-refractivity contribution is 14.1. The van der Waals surface area contributed by atoms with Crippen molar-refractivity contribution in [3.05, 3.63) is 87.5 Å². The van der Waals surface area contributed by atoms with Crippen molar-refractivity contribution in [2.45, 2.75) is 13.5 Å². The molecule has 0 saturated heterocycles. The highest BCUT2D eigenvalue weighted by Gasteiger charge is 2.14. The fraction of sp³-hybridized carbons (Fsp3) is 0.172. The first kappa shape index (κ1) is 25.7. The molecule has 0 aliphatic carbocycles. The van der Waals surface area contributed by atoms with Crippen molar-refractivity contribution in [3.8, 4) is 23.0 Å². The quantitative estimate of drug-likeness (QED) is 0.134. The van der Waals surface area contributed by atoms with Crippen molar-refractivity contribution >= 4 is 51.2 Å². The minimum atomic E-state index is -0.284. The molecule has 0 atom stereocenters. The Hall–Kier alpha value is -3.99. The van der Waals surface area contributed by atoms with E-state index < -0.39 is 0 Å². The smallest absolute Gasteiger partial charge is 0.259 e. The molecular weight excluding hydrogens is 597 g/mol. The van der Waals surface area contributed by atoms with Gasteiger partial charge >= 0.3 is 0 Å². The normalized spacial score (nSPS) is 12.1. The number of anilines is 1. The summed E-state index contributed by atoms with van der Waals surface area (Å²) >= 11 is 2.23. The summed E-state index contributed by atoms with van der Waals surface area (Å²) in [5.41, 5.74) is 5.17. The fourth-order valence-electron chi connectivity index (χ4n) is 4.04. The molecule has 4 aromatic carbocycles. The second-order valence-electron chi connectivity index (χ2n) is 8.40. The van der Waals surface area contributed by atoms with Crippen molar-refractivity contribution in [2.24, 2.45) is 5.10 Å². The van der Waals surface area contributed by atoms with Gasteiger partial charge in [-0.15, -0.1) is 0 Å². The molecule has 1 amide bonds. The van der Waals surface area contributed by atoms with Crippen molar-refractivity contribution in [1.82, 2.24) is 5.43 Å². The van der Waals surface area contributed by atoms with E-state index in [0.29, 0.717) is 36.2 Å². The van der Waals surface area contributed by atoms with Crippen LogP contribution >= 0.6 is 22.6 Å². The van der Waals surface area contributed by atoms with Crippen LogP contribution in [-0.2, 0) is 11.4 Å². The van der Waals surface area contributed by atoms with E-state index >= 15 is 0 Å². The van der Waals surface area contributed by atoms with E-state index in [9.17, 15) is 4.79 Å². The molecule has 5 rings (SSSR count). The third-order valence-electron chi connectivity index (χ3n) is 5.81. The average Bonchev–Trinajstić information content (AvgIpc) is 3.40. The van der Waals surface area contributed by atoms with Gasteiger partial charge in [0, 0.05) is 11.8 Å². The number of carbonyl (C=O) groups excluding carboxylic acids is 1. The standard InChI is InChI=1S/C29H26IN3O5/c1-2-35-27-13-19(15-32-33-28(34)16-31-22-10-11-25-26(14-22)38-18-37-25)12-24(30)29(27)36-17-21-8-5-7-20-6-3-4-9-23(20)21/h3-15,31H,2,16-18H2,1H3,(H,33,34)/b32-15+. The number of hydrazone groups is 1. The van der Waals surface area contributed by atoms with E-state index in [1.165, 1.54) is 5.39 Å². The maximum atomic E-state index is 12.3. The number of amides is 1. The SMILES string of the molecule is CCOc1cc(/C=N/NC(=O)CNc2ccc3c(c2)OCO3)cc(I)c1OCc1cccc2ccccc12. The van der Waals surface area contributed by atoms with Gasteiger partial charge in [-0.3, -0.25) is 4.79 Å². The molecule has 0 saturated carbocycles. The summed E-state index contributed by atoms with van der Waals surface area (Å²) in [6.45, 7) is 3.09. The number of hydrogen-bond donors (Lipinski definition) is 2. The number of ether oxygens (including phenoxy) is 4. The maximum Gasteiger partial charge on any atom is 0.259 e. The minimum absolute atomic E-state index is 0.0552. The van der Waals surface area contributed by atoms with Gasteiger partial charge < -0.3 is 24.3 Å². The van der Waals surface area contributed by atoms with E-state index in [-0.39, 0.29) is 19.2 Å². The largest absolute Gasteiger partial charge is 0.490 e. The van der Waals surface area contributed by atoms with Gasteiger partial charge in [0.2, 0.25) is 6.79 Å².